The van der Waals surface area contributed by atoms with Crippen molar-refractivity contribution in [2.24, 2.45) is 11.5 Å². The quantitative estimate of drug-likeness (QED) is 0.694. The normalized spacial score (nSPS) is 14.7. The molecule has 0 heterocycles. The van der Waals surface area contributed by atoms with Gasteiger partial charge in [-0.1, -0.05) is 49.6 Å². The van der Waals surface area contributed by atoms with E-state index in [0.29, 0.717) is 0 Å². The first-order valence-corrected chi connectivity index (χ1v) is 6.21. The molecular formula is C14H24N2. The molecule has 0 saturated carbocycles. The Morgan fingerprint density at radius 3 is 2.25 bits per heavy atom. The maximum Gasteiger partial charge on any atom is 0.0381 e. The van der Waals surface area contributed by atoms with Gasteiger partial charge in [0, 0.05) is 5.54 Å². The van der Waals surface area contributed by atoms with Gasteiger partial charge in [0.05, 0.1) is 0 Å². The highest BCUT2D eigenvalue weighted by Gasteiger charge is 2.19. The van der Waals surface area contributed by atoms with Crippen molar-refractivity contribution in [3.63, 3.8) is 0 Å². The molecule has 4 N–H and O–H groups in total. The second kappa shape index (κ2) is 6.66. The SMILES string of the molecule is CC(N)(CCCCCCN)c1ccccc1. The van der Waals surface area contributed by atoms with Gasteiger partial charge in [0.1, 0.15) is 0 Å². The molecule has 2 heteroatoms. The van der Waals surface area contributed by atoms with Gasteiger partial charge in [0.25, 0.3) is 0 Å². The van der Waals surface area contributed by atoms with E-state index in [9.17, 15) is 0 Å². The third kappa shape index (κ3) is 4.33. The zero-order valence-corrected chi connectivity index (χ0v) is 10.3. The molecule has 0 bridgehead atoms. The number of rotatable bonds is 7. The number of hydrogen-bond acceptors (Lipinski definition) is 2. The standard InChI is InChI=1S/C14H24N2/c1-14(16,11-7-2-3-8-12-15)13-9-5-4-6-10-13/h4-6,9-10H,2-3,7-8,11-12,15-16H2,1H3. The molecule has 0 fully saturated rings. The summed E-state index contributed by atoms with van der Waals surface area (Å²) in [6.07, 6.45) is 5.81. The molecular weight excluding hydrogens is 196 g/mol. The molecule has 16 heavy (non-hydrogen) atoms. The maximum absolute atomic E-state index is 6.33. The Balaban J connectivity index is 2.35. The third-order valence-electron chi connectivity index (χ3n) is 3.08. The highest BCUT2D eigenvalue weighted by Crippen LogP contribution is 2.23. The van der Waals surface area contributed by atoms with Crippen molar-refractivity contribution < 1.29 is 0 Å². The van der Waals surface area contributed by atoms with Crippen LogP contribution in [-0.2, 0) is 5.54 Å². The Morgan fingerprint density at radius 2 is 1.62 bits per heavy atom. The zero-order valence-electron chi connectivity index (χ0n) is 10.3. The lowest BCUT2D eigenvalue weighted by Gasteiger charge is -2.25. The van der Waals surface area contributed by atoms with Crippen LogP contribution in [-0.4, -0.2) is 6.54 Å². The first-order chi connectivity index (χ1) is 7.67. The Morgan fingerprint density at radius 1 is 1.00 bits per heavy atom. The van der Waals surface area contributed by atoms with Gasteiger partial charge in [-0.05, 0) is 31.9 Å². The van der Waals surface area contributed by atoms with E-state index >= 15 is 0 Å². The second-order valence-electron chi connectivity index (χ2n) is 4.74. The predicted molar refractivity (Wildman–Crippen MR) is 70.1 cm³/mol. The van der Waals surface area contributed by atoms with Crippen LogP contribution >= 0.6 is 0 Å². The fourth-order valence-electron chi connectivity index (χ4n) is 1.95. The number of nitrogens with two attached hydrogens (primary N) is 2. The fourth-order valence-corrected chi connectivity index (χ4v) is 1.95. The Hall–Kier alpha value is -0.860. The minimum absolute atomic E-state index is 0.191. The van der Waals surface area contributed by atoms with Crippen LogP contribution in [0.5, 0.6) is 0 Å². The van der Waals surface area contributed by atoms with Gasteiger partial charge in [-0.3, -0.25) is 0 Å². The summed E-state index contributed by atoms with van der Waals surface area (Å²) >= 11 is 0. The largest absolute Gasteiger partial charge is 0.330 e. The molecule has 0 radical (unpaired) electrons. The molecule has 0 spiro atoms. The van der Waals surface area contributed by atoms with Gasteiger partial charge in [0.15, 0.2) is 0 Å². The second-order valence-corrected chi connectivity index (χ2v) is 4.74. The highest BCUT2D eigenvalue weighted by molar-refractivity contribution is 5.22. The monoisotopic (exact) mass is 220 g/mol. The first kappa shape index (κ1) is 13.2. The van der Waals surface area contributed by atoms with Gasteiger partial charge in [-0.2, -0.15) is 0 Å². The summed E-state index contributed by atoms with van der Waals surface area (Å²) in [6, 6.07) is 10.4. The summed E-state index contributed by atoms with van der Waals surface area (Å²) in [4.78, 5) is 0. The molecule has 1 rings (SSSR count). The molecule has 1 unspecified atom stereocenters. The number of hydrogen-bond donors (Lipinski definition) is 2. The molecule has 90 valence electrons. The molecule has 0 aromatic heterocycles. The molecule has 0 saturated heterocycles. The third-order valence-corrected chi connectivity index (χ3v) is 3.08. The van der Waals surface area contributed by atoms with E-state index in [1.54, 1.807) is 0 Å². The average Bonchev–Trinajstić information content (AvgIpc) is 2.30. The molecule has 1 aromatic rings. The molecule has 1 atom stereocenters. The van der Waals surface area contributed by atoms with Gasteiger partial charge in [-0.15, -0.1) is 0 Å². The summed E-state index contributed by atoms with van der Waals surface area (Å²) in [5.41, 5.74) is 12.8. The van der Waals surface area contributed by atoms with E-state index in [1.165, 1.54) is 24.8 Å². The van der Waals surface area contributed by atoms with Crippen LogP contribution in [0.25, 0.3) is 0 Å². The van der Waals surface area contributed by atoms with E-state index in [4.69, 9.17) is 11.5 Å². The average molecular weight is 220 g/mol. The maximum atomic E-state index is 6.33. The summed E-state index contributed by atoms with van der Waals surface area (Å²) in [6.45, 7) is 2.92. The lowest BCUT2D eigenvalue weighted by atomic mass is 9.87. The van der Waals surface area contributed by atoms with Crippen molar-refractivity contribution in [3.05, 3.63) is 35.9 Å². The van der Waals surface area contributed by atoms with Crippen LogP contribution in [0.3, 0.4) is 0 Å². The van der Waals surface area contributed by atoms with Crippen LogP contribution < -0.4 is 11.5 Å². The van der Waals surface area contributed by atoms with E-state index < -0.39 is 0 Å². The van der Waals surface area contributed by atoms with Crippen molar-refractivity contribution in [1.82, 2.24) is 0 Å². The van der Waals surface area contributed by atoms with Crippen molar-refractivity contribution >= 4 is 0 Å². The van der Waals surface area contributed by atoms with Crippen molar-refractivity contribution in [2.45, 2.75) is 44.6 Å². The highest BCUT2D eigenvalue weighted by atomic mass is 14.7. The van der Waals surface area contributed by atoms with Gasteiger partial charge >= 0.3 is 0 Å². The van der Waals surface area contributed by atoms with Crippen molar-refractivity contribution in [2.75, 3.05) is 6.54 Å². The molecule has 0 aliphatic carbocycles. The van der Waals surface area contributed by atoms with E-state index in [0.717, 1.165) is 19.4 Å². The molecule has 2 nitrogen and oxygen atoms in total. The summed E-state index contributed by atoms with van der Waals surface area (Å²) in [5, 5.41) is 0. The predicted octanol–water partition coefficient (Wildman–Crippen LogP) is 2.77. The molecule has 0 aliphatic heterocycles. The van der Waals surface area contributed by atoms with Gasteiger partial charge in [0.2, 0.25) is 0 Å². The first-order valence-electron chi connectivity index (χ1n) is 6.21. The zero-order chi connectivity index (χ0) is 11.9. The topological polar surface area (TPSA) is 52.0 Å². The van der Waals surface area contributed by atoms with E-state index in [2.05, 4.69) is 31.2 Å². The van der Waals surface area contributed by atoms with Crippen molar-refractivity contribution in [3.8, 4) is 0 Å². The van der Waals surface area contributed by atoms with Gasteiger partial charge in [-0.25, -0.2) is 0 Å². The Labute approximate surface area is 99.0 Å². The molecule has 0 amide bonds. The minimum atomic E-state index is -0.191. The van der Waals surface area contributed by atoms with Crippen LogP contribution in [0.4, 0.5) is 0 Å². The van der Waals surface area contributed by atoms with E-state index in [-0.39, 0.29) is 5.54 Å². The molecule has 0 aliphatic rings. The summed E-state index contributed by atoms with van der Waals surface area (Å²) in [7, 11) is 0. The fraction of sp³-hybridized carbons (Fsp3) is 0.571. The number of benzene rings is 1. The van der Waals surface area contributed by atoms with E-state index in [1.807, 2.05) is 6.07 Å². The molecule has 1 aromatic carbocycles. The Kier molecular flexibility index (Phi) is 5.50. The van der Waals surface area contributed by atoms with Crippen LogP contribution in [0.15, 0.2) is 30.3 Å². The van der Waals surface area contributed by atoms with Crippen LogP contribution in [0.1, 0.15) is 44.6 Å². The lowest BCUT2D eigenvalue weighted by Crippen LogP contribution is -2.32. The Bertz CT molecular complexity index is 280. The van der Waals surface area contributed by atoms with Crippen molar-refractivity contribution in [1.29, 1.82) is 0 Å². The lowest BCUT2D eigenvalue weighted by molar-refractivity contribution is 0.423. The number of unbranched alkanes of at least 4 members (excludes halogenated alkanes) is 3. The van der Waals surface area contributed by atoms with Crippen LogP contribution in [0.2, 0.25) is 0 Å². The summed E-state index contributed by atoms with van der Waals surface area (Å²) in [5.74, 6) is 0. The van der Waals surface area contributed by atoms with Crippen LogP contribution in [0, 0.1) is 0 Å². The van der Waals surface area contributed by atoms with Gasteiger partial charge < -0.3 is 11.5 Å². The smallest absolute Gasteiger partial charge is 0.0381 e. The minimum Gasteiger partial charge on any atom is -0.330 e. The summed E-state index contributed by atoms with van der Waals surface area (Å²) < 4.78 is 0.